The van der Waals surface area contributed by atoms with Crippen LogP contribution >= 0.6 is 11.6 Å². The molecule has 3 aliphatic rings. The minimum atomic E-state index is -0.201. The fourth-order valence-corrected chi connectivity index (χ4v) is 4.58. The molecule has 2 unspecified atom stereocenters. The number of allylic oxidation sites excluding steroid dienone is 1. The lowest BCUT2D eigenvalue weighted by molar-refractivity contribution is -0.126. The summed E-state index contributed by atoms with van der Waals surface area (Å²) in [6.07, 6.45) is 6.02. The van der Waals surface area contributed by atoms with Gasteiger partial charge in [0.25, 0.3) is 5.91 Å². The van der Waals surface area contributed by atoms with Gasteiger partial charge in [0.15, 0.2) is 0 Å². The number of ether oxygens (including phenoxy) is 2. The first-order chi connectivity index (χ1) is 16.0. The Hall–Kier alpha value is -3.46. The van der Waals surface area contributed by atoms with Crippen molar-refractivity contribution in [1.82, 2.24) is 19.9 Å². The number of amides is 1. The summed E-state index contributed by atoms with van der Waals surface area (Å²) in [6, 6.07) is 6.34. The van der Waals surface area contributed by atoms with Crippen molar-refractivity contribution in [3.63, 3.8) is 0 Å². The van der Waals surface area contributed by atoms with Crippen molar-refractivity contribution >= 4 is 29.4 Å². The highest BCUT2D eigenvalue weighted by atomic mass is 35.5. The van der Waals surface area contributed by atoms with E-state index in [1.165, 1.54) is 12.7 Å². The highest BCUT2D eigenvalue weighted by Crippen LogP contribution is 2.36. The predicted octanol–water partition coefficient (Wildman–Crippen LogP) is 3.16. The van der Waals surface area contributed by atoms with E-state index in [0.717, 1.165) is 23.1 Å². The number of aromatic nitrogens is 2. The van der Waals surface area contributed by atoms with Gasteiger partial charge in [-0.3, -0.25) is 9.79 Å². The monoisotopic (exact) mass is 466 g/mol. The van der Waals surface area contributed by atoms with Gasteiger partial charge in [0.2, 0.25) is 5.88 Å². The molecular formula is C23H23ClN6O3. The van der Waals surface area contributed by atoms with E-state index in [-0.39, 0.29) is 24.1 Å². The van der Waals surface area contributed by atoms with Crippen molar-refractivity contribution in [1.29, 1.82) is 0 Å². The van der Waals surface area contributed by atoms with Crippen LogP contribution in [0.4, 0.5) is 0 Å². The minimum absolute atomic E-state index is 0.0713. The Morgan fingerprint density at radius 2 is 2.09 bits per heavy atom. The van der Waals surface area contributed by atoms with Crippen molar-refractivity contribution in [2.75, 3.05) is 20.8 Å². The van der Waals surface area contributed by atoms with Crippen LogP contribution in [0.2, 0.25) is 0 Å². The molecule has 5 rings (SSSR count). The number of halogens is 1. The molecule has 0 radical (unpaired) electrons. The van der Waals surface area contributed by atoms with Gasteiger partial charge in [0, 0.05) is 31.6 Å². The number of aliphatic imine (C=N–C) groups is 1. The Morgan fingerprint density at radius 1 is 1.24 bits per heavy atom. The summed E-state index contributed by atoms with van der Waals surface area (Å²) in [5.74, 6) is 0.362. The second-order valence-corrected chi connectivity index (χ2v) is 8.46. The van der Waals surface area contributed by atoms with Crippen LogP contribution < -0.4 is 9.47 Å². The van der Waals surface area contributed by atoms with E-state index in [9.17, 15) is 4.79 Å². The minimum Gasteiger partial charge on any atom is -0.480 e. The van der Waals surface area contributed by atoms with Gasteiger partial charge in [-0.05, 0) is 36.1 Å². The number of carbonyl (C=O) groups excluding carboxylic acids is 1. The molecule has 0 bridgehead atoms. The molecule has 1 aromatic carbocycles. The fraction of sp³-hybridized carbons (Fsp3) is 0.348. The first-order valence-electron chi connectivity index (χ1n) is 10.6. The van der Waals surface area contributed by atoms with Gasteiger partial charge in [-0.2, -0.15) is 10.1 Å². The van der Waals surface area contributed by atoms with E-state index >= 15 is 0 Å². The zero-order chi connectivity index (χ0) is 23.1. The summed E-state index contributed by atoms with van der Waals surface area (Å²) >= 11 is 6.02. The van der Waals surface area contributed by atoms with E-state index in [2.05, 4.69) is 32.2 Å². The molecule has 9 nitrogen and oxygen atoms in total. The largest absolute Gasteiger partial charge is 0.480 e. The molecule has 0 aliphatic carbocycles. The fourth-order valence-electron chi connectivity index (χ4n) is 4.42. The average Bonchev–Trinajstić information content (AvgIpc) is 3.26. The lowest BCUT2D eigenvalue weighted by Crippen LogP contribution is -2.42. The van der Waals surface area contributed by atoms with Crippen LogP contribution in [0.1, 0.15) is 30.5 Å². The van der Waals surface area contributed by atoms with E-state index < -0.39 is 0 Å². The molecule has 1 amide bonds. The maximum absolute atomic E-state index is 13.4. The summed E-state index contributed by atoms with van der Waals surface area (Å²) in [7, 11) is 3.08. The molecule has 0 spiro atoms. The first-order valence-corrected chi connectivity index (χ1v) is 11.0. The van der Waals surface area contributed by atoms with Crippen LogP contribution in [0.15, 0.2) is 45.7 Å². The SMILES string of the molecule is COc1ncc(-c2ccc3c(c2)C(C)N(C(=O)C2=NN4C=C(Cl)C=NC4C2)CC3)c(OC)n1. The first kappa shape index (κ1) is 21.4. The molecule has 170 valence electrons. The van der Waals surface area contributed by atoms with Gasteiger partial charge < -0.3 is 14.4 Å². The standard InChI is InChI=1S/C23H23ClN6O3/c1-13-17-8-15(18-11-26-23(33-3)27-21(18)32-2)5-4-14(17)6-7-29(13)22(31)19-9-20-25-10-16(24)12-30(20)28-19/h4-5,8,10-13,20H,6-7,9H2,1-3H3. The lowest BCUT2D eigenvalue weighted by atomic mass is 9.90. The number of methoxy groups -OCH3 is 2. The third-order valence-electron chi connectivity index (χ3n) is 6.15. The van der Waals surface area contributed by atoms with Crippen LogP contribution in [0, 0.1) is 0 Å². The highest BCUT2D eigenvalue weighted by molar-refractivity contribution is 6.40. The maximum atomic E-state index is 13.4. The van der Waals surface area contributed by atoms with Gasteiger partial charge in [-0.25, -0.2) is 9.99 Å². The number of carbonyl (C=O) groups is 1. The number of hydrogen-bond donors (Lipinski definition) is 0. The summed E-state index contributed by atoms with van der Waals surface area (Å²) < 4.78 is 10.6. The van der Waals surface area contributed by atoms with Crippen molar-refractivity contribution < 1.29 is 14.3 Å². The Balaban J connectivity index is 1.42. The summed E-state index contributed by atoms with van der Waals surface area (Å²) in [5, 5.41) is 6.62. The van der Waals surface area contributed by atoms with Crippen molar-refractivity contribution in [2.45, 2.75) is 32.0 Å². The summed E-state index contributed by atoms with van der Waals surface area (Å²) in [6.45, 7) is 2.67. The molecular weight excluding hydrogens is 444 g/mol. The van der Waals surface area contributed by atoms with Crippen molar-refractivity contribution in [3.05, 3.63) is 46.8 Å². The van der Waals surface area contributed by atoms with Crippen LogP contribution in [-0.4, -0.2) is 64.6 Å². The molecule has 4 heterocycles. The molecule has 1 aromatic heterocycles. The predicted molar refractivity (Wildman–Crippen MR) is 125 cm³/mol. The van der Waals surface area contributed by atoms with E-state index in [0.29, 0.717) is 29.6 Å². The van der Waals surface area contributed by atoms with Gasteiger partial charge >= 0.3 is 6.01 Å². The number of hydrogen-bond acceptors (Lipinski definition) is 8. The quantitative estimate of drug-likeness (QED) is 0.687. The second kappa shape index (κ2) is 8.47. The lowest BCUT2D eigenvalue weighted by Gasteiger charge is -2.35. The molecule has 0 fully saturated rings. The average molecular weight is 467 g/mol. The molecule has 0 saturated carbocycles. The van der Waals surface area contributed by atoms with Gasteiger partial charge in [0.1, 0.15) is 11.9 Å². The summed E-state index contributed by atoms with van der Waals surface area (Å²) in [5.41, 5.74) is 4.47. The molecule has 0 N–H and O–H groups in total. The molecule has 2 atom stereocenters. The Morgan fingerprint density at radius 3 is 2.88 bits per heavy atom. The maximum Gasteiger partial charge on any atom is 0.319 e. The Bertz CT molecular complexity index is 1210. The third-order valence-corrected chi connectivity index (χ3v) is 6.35. The topological polar surface area (TPSA) is 92.5 Å². The molecule has 2 aromatic rings. The van der Waals surface area contributed by atoms with Crippen LogP contribution in [0.25, 0.3) is 11.1 Å². The van der Waals surface area contributed by atoms with Crippen LogP contribution in [0.3, 0.4) is 0 Å². The molecule has 10 heteroatoms. The Kier molecular flexibility index (Phi) is 5.49. The van der Waals surface area contributed by atoms with Gasteiger partial charge in [0.05, 0.1) is 30.9 Å². The van der Waals surface area contributed by atoms with E-state index in [1.54, 1.807) is 30.7 Å². The molecule has 0 saturated heterocycles. The van der Waals surface area contributed by atoms with E-state index in [1.807, 2.05) is 17.9 Å². The number of hydrazone groups is 1. The molecule has 33 heavy (non-hydrogen) atoms. The van der Waals surface area contributed by atoms with Gasteiger partial charge in [-0.15, -0.1) is 0 Å². The van der Waals surface area contributed by atoms with E-state index in [4.69, 9.17) is 21.1 Å². The number of benzene rings is 1. The zero-order valence-electron chi connectivity index (χ0n) is 18.5. The van der Waals surface area contributed by atoms with Crippen LogP contribution in [-0.2, 0) is 11.2 Å². The third kappa shape index (κ3) is 3.82. The Labute approximate surface area is 196 Å². The normalized spacial score (nSPS) is 21.2. The molecule has 3 aliphatic heterocycles. The van der Waals surface area contributed by atoms with Crippen molar-refractivity contribution in [3.8, 4) is 23.0 Å². The zero-order valence-corrected chi connectivity index (χ0v) is 19.3. The number of fused-ring (bicyclic) bond motifs is 2. The highest BCUT2D eigenvalue weighted by Gasteiger charge is 2.36. The smallest absolute Gasteiger partial charge is 0.319 e. The number of rotatable bonds is 4. The van der Waals surface area contributed by atoms with Crippen molar-refractivity contribution in [2.24, 2.45) is 10.1 Å². The second-order valence-electron chi connectivity index (χ2n) is 8.02. The van der Waals surface area contributed by atoms with Gasteiger partial charge in [-0.1, -0.05) is 23.7 Å². The summed E-state index contributed by atoms with van der Waals surface area (Å²) in [4.78, 5) is 28.1. The van der Waals surface area contributed by atoms with Crippen LogP contribution in [0.5, 0.6) is 11.9 Å². The number of nitrogens with zero attached hydrogens (tertiary/aromatic N) is 6.